The van der Waals surface area contributed by atoms with E-state index >= 15 is 0 Å². The minimum Gasteiger partial charge on any atom is -0.348 e. The molecular formula is C19H19ClN2O2S. The highest BCUT2D eigenvalue weighted by Gasteiger charge is 2.19. The molecule has 3 aromatic rings. The molecule has 0 saturated carbocycles. The number of thiophene rings is 1. The number of hydrogen-bond donors (Lipinski definition) is 1. The van der Waals surface area contributed by atoms with Gasteiger partial charge in [-0.05, 0) is 37.1 Å². The number of benzene rings is 1. The van der Waals surface area contributed by atoms with Gasteiger partial charge in [0.2, 0.25) is 0 Å². The molecule has 0 spiro atoms. The van der Waals surface area contributed by atoms with Crippen molar-refractivity contribution in [3.05, 3.63) is 67.9 Å². The number of carbonyl (C=O) groups is 1. The van der Waals surface area contributed by atoms with Gasteiger partial charge in [0.1, 0.15) is 0 Å². The van der Waals surface area contributed by atoms with Gasteiger partial charge >= 0.3 is 0 Å². The maximum Gasteiger partial charge on any atom is 0.260 e. The molecule has 0 unspecified atom stereocenters. The molecule has 0 aliphatic rings. The molecule has 25 heavy (non-hydrogen) atoms. The van der Waals surface area contributed by atoms with Crippen LogP contribution in [0.3, 0.4) is 0 Å². The number of rotatable bonds is 5. The SMILES string of the molecule is CCCn1ccc2sc(C)c(C(=O)NCc3ccc(Cl)cc3)c2c1=O. The summed E-state index contributed by atoms with van der Waals surface area (Å²) in [6, 6.07) is 9.24. The molecule has 0 aliphatic carbocycles. The van der Waals surface area contributed by atoms with Crippen molar-refractivity contribution in [3.63, 3.8) is 0 Å². The summed E-state index contributed by atoms with van der Waals surface area (Å²) >= 11 is 7.36. The van der Waals surface area contributed by atoms with Gasteiger partial charge < -0.3 is 9.88 Å². The number of fused-ring (bicyclic) bond motifs is 1. The lowest BCUT2D eigenvalue weighted by Crippen LogP contribution is -2.26. The summed E-state index contributed by atoms with van der Waals surface area (Å²) in [4.78, 5) is 26.3. The maximum absolute atomic E-state index is 12.7. The average Bonchev–Trinajstić information content (AvgIpc) is 2.94. The molecule has 1 aromatic carbocycles. The summed E-state index contributed by atoms with van der Waals surface area (Å²) < 4.78 is 2.52. The van der Waals surface area contributed by atoms with Crippen molar-refractivity contribution in [1.82, 2.24) is 9.88 Å². The van der Waals surface area contributed by atoms with Crippen molar-refractivity contribution in [2.45, 2.75) is 33.4 Å². The van der Waals surface area contributed by atoms with E-state index in [2.05, 4.69) is 5.32 Å². The first-order chi connectivity index (χ1) is 12.0. The van der Waals surface area contributed by atoms with Crippen LogP contribution in [0.5, 0.6) is 0 Å². The molecular weight excluding hydrogens is 356 g/mol. The van der Waals surface area contributed by atoms with Gasteiger partial charge in [-0.3, -0.25) is 9.59 Å². The van der Waals surface area contributed by atoms with Crippen LogP contribution in [0.4, 0.5) is 0 Å². The lowest BCUT2D eigenvalue weighted by Gasteiger charge is -2.07. The third-order valence-electron chi connectivity index (χ3n) is 4.05. The van der Waals surface area contributed by atoms with E-state index in [1.807, 2.05) is 32.0 Å². The maximum atomic E-state index is 12.7. The van der Waals surface area contributed by atoms with Crippen molar-refractivity contribution in [3.8, 4) is 0 Å². The molecule has 130 valence electrons. The average molecular weight is 375 g/mol. The minimum atomic E-state index is -0.218. The molecule has 3 rings (SSSR count). The number of amides is 1. The summed E-state index contributed by atoms with van der Waals surface area (Å²) in [5.74, 6) is -0.218. The summed E-state index contributed by atoms with van der Waals surface area (Å²) in [5.41, 5.74) is 1.35. The number of aryl methyl sites for hydroxylation is 2. The first-order valence-electron chi connectivity index (χ1n) is 8.16. The van der Waals surface area contributed by atoms with Crippen LogP contribution in [-0.4, -0.2) is 10.5 Å². The fraction of sp³-hybridized carbons (Fsp3) is 0.263. The first-order valence-corrected chi connectivity index (χ1v) is 9.36. The molecule has 0 atom stereocenters. The first kappa shape index (κ1) is 17.7. The predicted octanol–water partition coefficient (Wildman–Crippen LogP) is 4.36. The summed E-state index contributed by atoms with van der Waals surface area (Å²) in [6.07, 6.45) is 2.67. The van der Waals surface area contributed by atoms with E-state index < -0.39 is 0 Å². The summed E-state index contributed by atoms with van der Waals surface area (Å²) in [6.45, 7) is 4.94. The molecule has 0 bridgehead atoms. The van der Waals surface area contributed by atoms with Crippen LogP contribution in [0.1, 0.15) is 34.1 Å². The van der Waals surface area contributed by atoms with Crippen LogP contribution >= 0.6 is 22.9 Å². The van der Waals surface area contributed by atoms with Gasteiger partial charge in [-0.15, -0.1) is 11.3 Å². The number of nitrogens with zero attached hydrogens (tertiary/aromatic N) is 1. The lowest BCUT2D eigenvalue weighted by molar-refractivity contribution is 0.0952. The lowest BCUT2D eigenvalue weighted by atomic mass is 10.1. The second-order valence-electron chi connectivity index (χ2n) is 5.90. The molecule has 0 saturated heterocycles. The van der Waals surface area contributed by atoms with Crippen molar-refractivity contribution in [2.75, 3.05) is 0 Å². The van der Waals surface area contributed by atoms with Crippen LogP contribution in [0, 0.1) is 6.92 Å². The van der Waals surface area contributed by atoms with Gasteiger partial charge in [0.15, 0.2) is 0 Å². The van der Waals surface area contributed by atoms with E-state index in [-0.39, 0.29) is 11.5 Å². The minimum absolute atomic E-state index is 0.0969. The topological polar surface area (TPSA) is 51.1 Å². The molecule has 0 aliphatic heterocycles. The smallest absolute Gasteiger partial charge is 0.260 e. The Labute approximate surface area is 155 Å². The van der Waals surface area contributed by atoms with Gasteiger partial charge in [0.25, 0.3) is 11.5 Å². The van der Waals surface area contributed by atoms with E-state index in [9.17, 15) is 9.59 Å². The van der Waals surface area contributed by atoms with Crippen molar-refractivity contribution in [1.29, 1.82) is 0 Å². The normalized spacial score (nSPS) is 11.0. The third-order valence-corrected chi connectivity index (χ3v) is 5.37. The van der Waals surface area contributed by atoms with Crippen LogP contribution in [0.2, 0.25) is 5.02 Å². The van der Waals surface area contributed by atoms with E-state index in [4.69, 9.17) is 11.6 Å². The highest BCUT2D eigenvalue weighted by molar-refractivity contribution is 7.19. The monoisotopic (exact) mass is 374 g/mol. The summed E-state index contributed by atoms with van der Waals surface area (Å²) in [5, 5.41) is 4.09. The number of carbonyl (C=O) groups excluding carboxylic acids is 1. The Kier molecular flexibility index (Phi) is 5.25. The largest absolute Gasteiger partial charge is 0.348 e. The van der Waals surface area contributed by atoms with E-state index in [1.165, 1.54) is 11.3 Å². The fourth-order valence-electron chi connectivity index (χ4n) is 2.83. The summed E-state index contributed by atoms with van der Waals surface area (Å²) in [7, 11) is 0. The Morgan fingerprint density at radius 2 is 1.96 bits per heavy atom. The third kappa shape index (κ3) is 3.62. The van der Waals surface area contributed by atoms with Crippen LogP contribution < -0.4 is 10.9 Å². The zero-order chi connectivity index (χ0) is 18.0. The molecule has 0 fully saturated rings. The Bertz CT molecular complexity index is 973. The van der Waals surface area contributed by atoms with Gasteiger partial charge in [0.05, 0.1) is 10.9 Å². The van der Waals surface area contributed by atoms with E-state index in [1.54, 1.807) is 22.9 Å². The molecule has 4 nitrogen and oxygen atoms in total. The Morgan fingerprint density at radius 3 is 2.64 bits per heavy atom. The number of hydrogen-bond acceptors (Lipinski definition) is 3. The number of halogens is 1. The highest BCUT2D eigenvalue weighted by Crippen LogP contribution is 2.28. The van der Waals surface area contributed by atoms with Crippen molar-refractivity contribution in [2.24, 2.45) is 0 Å². The van der Waals surface area contributed by atoms with Crippen molar-refractivity contribution >= 4 is 38.9 Å². The number of nitrogens with one attached hydrogen (secondary N) is 1. The standard InChI is InChI=1S/C19H19ClN2O2S/c1-3-9-22-10-8-15-17(19(22)24)16(12(2)25-15)18(23)21-11-13-4-6-14(20)7-5-13/h4-8,10H,3,9,11H2,1-2H3,(H,21,23). The quantitative estimate of drug-likeness (QED) is 0.721. The van der Waals surface area contributed by atoms with E-state index in [0.717, 1.165) is 21.6 Å². The van der Waals surface area contributed by atoms with Crippen LogP contribution in [0.15, 0.2) is 41.3 Å². The molecule has 2 aromatic heterocycles. The number of aromatic nitrogens is 1. The van der Waals surface area contributed by atoms with Gasteiger partial charge in [-0.1, -0.05) is 30.7 Å². The second-order valence-corrected chi connectivity index (χ2v) is 7.59. The Balaban J connectivity index is 1.92. The zero-order valence-corrected chi connectivity index (χ0v) is 15.7. The highest BCUT2D eigenvalue weighted by atomic mass is 35.5. The fourth-order valence-corrected chi connectivity index (χ4v) is 4.00. The molecule has 2 heterocycles. The predicted molar refractivity (Wildman–Crippen MR) is 104 cm³/mol. The molecule has 1 amide bonds. The Morgan fingerprint density at radius 1 is 1.24 bits per heavy atom. The zero-order valence-electron chi connectivity index (χ0n) is 14.1. The molecule has 0 radical (unpaired) electrons. The van der Waals surface area contributed by atoms with E-state index in [0.29, 0.717) is 29.1 Å². The van der Waals surface area contributed by atoms with Crippen LogP contribution in [0.25, 0.3) is 10.1 Å². The molecule has 1 N–H and O–H groups in total. The Hall–Kier alpha value is -2.11. The van der Waals surface area contributed by atoms with Crippen LogP contribution in [-0.2, 0) is 13.1 Å². The number of pyridine rings is 1. The van der Waals surface area contributed by atoms with Gasteiger partial charge in [-0.2, -0.15) is 0 Å². The second kappa shape index (κ2) is 7.42. The van der Waals surface area contributed by atoms with Gasteiger partial charge in [0, 0.05) is 33.9 Å². The molecule has 6 heteroatoms. The van der Waals surface area contributed by atoms with Crippen molar-refractivity contribution < 1.29 is 4.79 Å². The van der Waals surface area contributed by atoms with Gasteiger partial charge in [-0.25, -0.2) is 0 Å².